The van der Waals surface area contributed by atoms with Crippen LogP contribution in [0.4, 0.5) is 5.82 Å². The average Bonchev–Trinajstić information content (AvgIpc) is 2.42. The summed E-state index contributed by atoms with van der Waals surface area (Å²) in [6, 6.07) is 9.63. The highest BCUT2D eigenvalue weighted by Crippen LogP contribution is 2.25. The Morgan fingerprint density at radius 2 is 2.11 bits per heavy atom. The van der Waals surface area contributed by atoms with Crippen molar-refractivity contribution >= 4 is 11.9 Å². The van der Waals surface area contributed by atoms with E-state index in [4.69, 9.17) is 4.74 Å². The van der Waals surface area contributed by atoms with Crippen LogP contribution in [0.2, 0.25) is 0 Å². The van der Waals surface area contributed by atoms with Crippen molar-refractivity contribution in [2.24, 2.45) is 0 Å². The summed E-state index contributed by atoms with van der Waals surface area (Å²) in [6.07, 6.45) is 5.47. The SMILES string of the molecule is C/C=C/c1ccccc1Oc1cc(NCC)ncn1. The fraction of sp³-hybridized carbons (Fsp3) is 0.200. The quantitative estimate of drug-likeness (QED) is 0.884. The molecule has 0 spiro atoms. The Morgan fingerprint density at radius 1 is 1.26 bits per heavy atom. The maximum absolute atomic E-state index is 5.81. The molecule has 0 aliphatic carbocycles. The van der Waals surface area contributed by atoms with Gasteiger partial charge in [-0.2, -0.15) is 0 Å². The predicted octanol–water partition coefficient (Wildman–Crippen LogP) is 3.73. The van der Waals surface area contributed by atoms with Crippen LogP contribution in [0.3, 0.4) is 0 Å². The van der Waals surface area contributed by atoms with Gasteiger partial charge in [-0.25, -0.2) is 9.97 Å². The number of nitrogens with one attached hydrogen (secondary N) is 1. The first kappa shape index (κ1) is 13.1. The lowest BCUT2D eigenvalue weighted by molar-refractivity contribution is 0.461. The Kier molecular flexibility index (Phi) is 4.50. The zero-order valence-corrected chi connectivity index (χ0v) is 11.1. The molecule has 0 aliphatic heterocycles. The van der Waals surface area contributed by atoms with E-state index in [1.807, 2.05) is 50.3 Å². The minimum Gasteiger partial charge on any atom is -0.438 e. The predicted molar refractivity (Wildman–Crippen MR) is 77.4 cm³/mol. The van der Waals surface area contributed by atoms with E-state index in [0.717, 1.165) is 23.7 Å². The Labute approximate surface area is 113 Å². The molecule has 19 heavy (non-hydrogen) atoms. The van der Waals surface area contributed by atoms with Crippen molar-refractivity contribution in [3.63, 3.8) is 0 Å². The van der Waals surface area contributed by atoms with Crippen molar-refractivity contribution in [1.29, 1.82) is 0 Å². The number of rotatable bonds is 5. The molecule has 0 unspecified atom stereocenters. The first-order valence-corrected chi connectivity index (χ1v) is 6.29. The van der Waals surface area contributed by atoms with Crippen LogP contribution in [0.5, 0.6) is 11.6 Å². The van der Waals surface area contributed by atoms with E-state index in [2.05, 4.69) is 15.3 Å². The monoisotopic (exact) mass is 255 g/mol. The lowest BCUT2D eigenvalue weighted by Crippen LogP contribution is -2.00. The minimum atomic E-state index is 0.530. The number of allylic oxidation sites excluding steroid dienone is 1. The minimum absolute atomic E-state index is 0.530. The second-order valence-corrected chi connectivity index (χ2v) is 3.91. The van der Waals surface area contributed by atoms with Crippen LogP contribution >= 0.6 is 0 Å². The van der Waals surface area contributed by atoms with Gasteiger partial charge in [-0.1, -0.05) is 30.4 Å². The van der Waals surface area contributed by atoms with E-state index in [0.29, 0.717) is 5.88 Å². The van der Waals surface area contributed by atoms with Gasteiger partial charge >= 0.3 is 0 Å². The molecular formula is C15H17N3O. The van der Waals surface area contributed by atoms with Crippen LogP contribution in [0.1, 0.15) is 19.4 Å². The molecule has 4 heteroatoms. The summed E-state index contributed by atoms with van der Waals surface area (Å²) in [6.45, 7) is 4.81. The fourth-order valence-corrected chi connectivity index (χ4v) is 1.68. The largest absolute Gasteiger partial charge is 0.438 e. The number of aromatic nitrogens is 2. The number of ether oxygens (including phenoxy) is 1. The normalized spacial score (nSPS) is 10.6. The van der Waals surface area contributed by atoms with E-state index < -0.39 is 0 Å². The van der Waals surface area contributed by atoms with Crippen LogP contribution in [0.15, 0.2) is 42.7 Å². The molecule has 0 bridgehead atoms. The number of hydrogen-bond acceptors (Lipinski definition) is 4. The van der Waals surface area contributed by atoms with E-state index in [-0.39, 0.29) is 0 Å². The van der Waals surface area contributed by atoms with Crippen LogP contribution in [-0.4, -0.2) is 16.5 Å². The molecule has 0 saturated carbocycles. The molecule has 1 aromatic carbocycles. The lowest BCUT2D eigenvalue weighted by Gasteiger charge is -2.09. The van der Waals surface area contributed by atoms with Crippen molar-refractivity contribution in [2.45, 2.75) is 13.8 Å². The van der Waals surface area contributed by atoms with Gasteiger partial charge in [0.25, 0.3) is 0 Å². The number of para-hydroxylation sites is 1. The van der Waals surface area contributed by atoms with E-state index >= 15 is 0 Å². The van der Waals surface area contributed by atoms with Gasteiger partial charge in [-0.15, -0.1) is 0 Å². The van der Waals surface area contributed by atoms with Crippen molar-refractivity contribution in [2.75, 3.05) is 11.9 Å². The van der Waals surface area contributed by atoms with Gasteiger partial charge in [0.2, 0.25) is 5.88 Å². The summed E-state index contributed by atoms with van der Waals surface area (Å²) >= 11 is 0. The summed E-state index contributed by atoms with van der Waals surface area (Å²) in [5.41, 5.74) is 1.02. The molecule has 4 nitrogen and oxygen atoms in total. The third-order valence-electron chi connectivity index (χ3n) is 2.48. The molecule has 1 N–H and O–H groups in total. The zero-order chi connectivity index (χ0) is 13.5. The van der Waals surface area contributed by atoms with Gasteiger partial charge in [0.05, 0.1) is 0 Å². The van der Waals surface area contributed by atoms with Gasteiger partial charge in [-0.3, -0.25) is 0 Å². The van der Waals surface area contributed by atoms with Crippen LogP contribution in [0, 0.1) is 0 Å². The maximum Gasteiger partial charge on any atom is 0.224 e. The first-order valence-electron chi connectivity index (χ1n) is 6.29. The van der Waals surface area contributed by atoms with Crippen molar-refractivity contribution < 1.29 is 4.74 Å². The Balaban J connectivity index is 2.23. The molecule has 0 aliphatic rings. The van der Waals surface area contributed by atoms with Crippen molar-refractivity contribution in [3.05, 3.63) is 48.3 Å². The van der Waals surface area contributed by atoms with Gasteiger partial charge < -0.3 is 10.1 Å². The van der Waals surface area contributed by atoms with Crippen molar-refractivity contribution in [1.82, 2.24) is 9.97 Å². The molecule has 2 aromatic rings. The molecule has 1 aromatic heterocycles. The maximum atomic E-state index is 5.81. The number of nitrogens with zero attached hydrogens (tertiary/aromatic N) is 2. The number of benzene rings is 1. The van der Waals surface area contributed by atoms with Crippen LogP contribution < -0.4 is 10.1 Å². The molecule has 0 saturated heterocycles. The van der Waals surface area contributed by atoms with Crippen LogP contribution in [-0.2, 0) is 0 Å². The zero-order valence-electron chi connectivity index (χ0n) is 11.1. The molecule has 0 fully saturated rings. The Bertz CT molecular complexity index is 567. The van der Waals surface area contributed by atoms with E-state index in [9.17, 15) is 0 Å². The highest BCUT2D eigenvalue weighted by atomic mass is 16.5. The highest BCUT2D eigenvalue weighted by molar-refractivity contribution is 5.57. The smallest absolute Gasteiger partial charge is 0.224 e. The third-order valence-corrected chi connectivity index (χ3v) is 2.48. The average molecular weight is 255 g/mol. The number of anilines is 1. The molecule has 0 amide bonds. The van der Waals surface area contributed by atoms with Crippen LogP contribution in [0.25, 0.3) is 6.08 Å². The summed E-state index contributed by atoms with van der Waals surface area (Å²) in [5, 5.41) is 3.13. The molecule has 98 valence electrons. The summed E-state index contributed by atoms with van der Waals surface area (Å²) in [4.78, 5) is 8.23. The highest BCUT2D eigenvalue weighted by Gasteiger charge is 2.04. The van der Waals surface area contributed by atoms with Gasteiger partial charge in [0.15, 0.2) is 0 Å². The second kappa shape index (κ2) is 6.54. The van der Waals surface area contributed by atoms with Gasteiger partial charge in [-0.05, 0) is 19.9 Å². The molecule has 0 atom stereocenters. The standard InChI is InChI=1S/C15H17N3O/c1-3-7-12-8-5-6-9-13(12)19-15-10-14(16-4-2)17-11-18-15/h3,5-11H,4H2,1-2H3,(H,16,17,18)/b7-3+. The Morgan fingerprint density at radius 3 is 2.89 bits per heavy atom. The number of hydrogen-bond donors (Lipinski definition) is 1. The fourth-order valence-electron chi connectivity index (χ4n) is 1.68. The molecule has 0 radical (unpaired) electrons. The summed E-state index contributed by atoms with van der Waals surface area (Å²) in [5.74, 6) is 2.07. The van der Waals surface area contributed by atoms with E-state index in [1.165, 1.54) is 6.33 Å². The molecule has 2 rings (SSSR count). The summed E-state index contributed by atoms with van der Waals surface area (Å²) in [7, 11) is 0. The second-order valence-electron chi connectivity index (χ2n) is 3.91. The summed E-state index contributed by atoms with van der Waals surface area (Å²) < 4.78 is 5.81. The third kappa shape index (κ3) is 3.55. The van der Waals surface area contributed by atoms with Crippen molar-refractivity contribution in [3.8, 4) is 11.6 Å². The molecule has 1 heterocycles. The van der Waals surface area contributed by atoms with Gasteiger partial charge in [0, 0.05) is 18.2 Å². The topological polar surface area (TPSA) is 47.0 Å². The molecular weight excluding hydrogens is 238 g/mol. The van der Waals surface area contributed by atoms with Gasteiger partial charge in [0.1, 0.15) is 17.9 Å². The lowest BCUT2D eigenvalue weighted by atomic mass is 10.2. The Hall–Kier alpha value is -2.36. The van der Waals surface area contributed by atoms with E-state index in [1.54, 1.807) is 6.07 Å². The first-order chi connectivity index (χ1) is 9.33.